The quantitative estimate of drug-likeness (QED) is 0.806. The Balaban J connectivity index is 1.95. The average molecular weight is 279 g/mol. The molecule has 0 saturated carbocycles. The third-order valence-electron chi connectivity index (χ3n) is 2.65. The molecule has 0 unspecified atom stereocenters. The van der Waals surface area contributed by atoms with E-state index >= 15 is 0 Å². The van der Waals surface area contributed by atoms with Crippen molar-refractivity contribution in [2.75, 3.05) is 22.7 Å². The molecule has 1 heterocycles. The van der Waals surface area contributed by atoms with Crippen molar-refractivity contribution in [1.29, 1.82) is 0 Å². The van der Waals surface area contributed by atoms with Gasteiger partial charge in [-0.05, 0) is 50.1 Å². The third kappa shape index (κ3) is 3.40. The zero-order chi connectivity index (χ0) is 12.8. The van der Waals surface area contributed by atoms with E-state index in [1.54, 1.807) is 29.5 Å². The molecule has 0 aliphatic rings. The van der Waals surface area contributed by atoms with Crippen molar-refractivity contribution in [3.63, 3.8) is 0 Å². The van der Waals surface area contributed by atoms with E-state index in [4.69, 9.17) is 0 Å². The van der Waals surface area contributed by atoms with Crippen molar-refractivity contribution < 1.29 is 0 Å². The number of nitrogens with one attached hydrogen (secondary N) is 1. The highest BCUT2D eigenvalue weighted by molar-refractivity contribution is 8.00. The third-order valence-corrected chi connectivity index (χ3v) is 4.27. The average Bonchev–Trinajstić information content (AvgIpc) is 2.92. The van der Waals surface area contributed by atoms with E-state index in [0.717, 1.165) is 18.2 Å². The maximum absolute atomic E-state index is 4.18. The van der Waals surface area contributed by atoms with Crippen LogP contribution >= 0.6 is 23.3 Å². The number of thiazole rings is 1. The first-order valence-electron chi connectivity index (χ1n) is 6.00. The zero-order valence-electron chi connectivity index (χ0n) is 10.6. The molecule has 0 aliphatic heterocycles. The van der Waals surface area contributed by atoms with Gasteiger partial charge in [0, 0.05) is 35.2 Å². The van der Waals surface area contributed by atoms with E-state index in [0.29, 0.717) is 0 Å². The SMILES string of the molecule is CCN(CC)c1ccc(SNc2nccs2)cc1. The predicted molar refractivity (Wildman–Crippen MR) is 81.6 cm³/mol. The van der Waals surface area contributed by atoms with Crippen LogP contribution in [0.3, 0.4) is 0 Å². The van der Waals surface area contributed by atoms with E-state index in [2.05, 4.69) is 52.7 Å². The van der Waals surface area contributed by atoms with Gasteiger partial charge in [0.15, 0.2) is 5.13 Å². The second-order valence-electron chi connectivity index (χ2n) is 3.71. The van der Waals surface area contributed by atoms with E-state index < -0.39 is 0 Å². The molecule has 0 amide bonds. The van der Waals surface area contributed by atoms with E-state index in [9.17, 15) is 0 Å². The molecule has 0 spiro atoms. The summed E-state index contributed by atoms with van der Waals surface area (Å²) in [4.78, 5) is 7.71. The molecule has 5 heteroatoms. The van der Waals surface area contributed by atoms with Gasteiger partial charge < -0.3 is 9.62 Å². The Bertz CT molecular complexity index is 450. The lowest BCUT2D eigenvalue weighted by Crippen LogP contribution is -2.21. The van der Waals surface area contributed by atoms with Gasteiger partial charge in [-0.15, -0.1) is 11.3 Å². The summed E-state index contributed by atoms with van der Waals surface area (Å²) in [5.41, 5.74) is 1.28. The summed E-state index contributed by atoms with van der Waals surface area (Å²) in [5.74, 6) is 0. The van der Waals surface area contributed by atoms with Crippen LogP contribution in [0, 0.1) is 0 Å². The Morgan fingerprint density at radius 3 is 2.50 bits per heavy atom. The molecule has 1 N–H and O–H groups in total. The first kappa shape index (κ1) is 13.2. The molecular weight excluding hydrogens is 262 g/mol. The van der Waals surface area contributed by atoms with Crippen molar-refractivity contribution in [2.24, 2.45) is 0 Å². The molecule has 96 valence electrons. The summed E-state index contributed by atoms with van der Waals surface area (Å²) in [5, 5.41) is 2.90. The highest BCUT2D eigenvalue weighted by Gasteiger charge is 2.02. The number of hydrogen-bond donors (Lipinski definition) is 1. The second-order valence-corrected chi connectivity index (χ2v) is 5.48. The molecule has 0 bridgehead atoms. The molecular formula is C13H17N3S2. The highest BCUT2D eigenvalue weighted by Crippen LogP contribution is 2.24. The van der Waals surface area contributed by atoms with Gasteiger partial charge in [0.25, 0.3) is 0 Å². The largest absolute Gasteiger partial charge is 0.372 e. The maximum atomic E-state index is 4.18. The Kier molecular flexibility index (Phi) is 4.90. The van der Waals surface area contributed by atoms with Crippen LogP contribution < -0.4 is 9.62 Å². The molecule has 3 nitrogen and oxygen atoms in total. The van der Waals surface area contributed by atoms with Gasteiger partial charge in [0.05, 0.1) is 0 Å². The van der Waals surface area contributed by atoms with Crippen LogP contribution in [-0.2, 0) is 0 Å². The standard InChI is InChI=1S/C13H17N3S2/c1-3-16(4-2)11-5-7-12(8-6-11)18-15-13-14-9-10-17-13/h5-10H,3-4H2,1-2H3,(H,14,15). The van der Waals surface area contributed by atoms with Crippen LogP contribution in [0.4, 0.5) is 10.8 Å². The number of benzene rings is 1. The lowest BCUT2D eigenvalue weighted by atomic mass is 10.3. The number of aromatic nitrogens is 1. The van der Waals surface area contributed by atoms with Gasteiger partial charge in [0.1, 0.15) is 0 Å². The van der Waals surface area contributed by atoms with Gasteiger partial charge in [0.2, 0.25) is 0 Å². The van der Waals surface area contributed by atoms with E-state index in [-0.39, 0.29) is 0 Å². The summed E-state index contributed by atoms with van der Waals surface area (Å²) in [6.07, 6.45) is 1.80. The summed E-state index contributed by atoms with van der Waals surface area (Å²) in [6, 6.07) is 8.61. The fourth-order valence-corrected chi connectivity index (χ4v) is 2.91. The molecule has 18 heavy (non-hydrogen) atoms. The van der Waals surface area contributed by atoms with Crippen molar-refractivity contribution >= 4 is 34.1 Å². The lowest BCUT2D eigenvalue weighted by Gasteiger charge is -2.21. The summed E-state index contributed by atoms with van der Waals surface area (Å²) < 4.78 is 3.23. The molecule has 2 rings (SSSR count). The Morgan fingerprint density at radius 2 is 1.94 bits per heavy atom. The van der Waals surface area contributed by atoms with Crippen LogP contribution in [0.25, 0.3) is 0 Å². The number of hydrogen-bond acceptors (Lipinski definition) is 5. The predicted octanol–water partition coefficient (Wildman–Crippen LogP) is 4.11. The van der Waals surface area contributed by atoms with Crippen LogP contribution in [-0.4, -0.2) is 18.1 Å². The molecule has 1 aromatic carbocycles. The smallest absolute Gasteiger partial charge is 0.192 e. The lowest BCUT2D eigenvalue weighted by molar-refractivity contribution is 0.865. The monoisotopic (exact) mass is 279 g/mol. The Morgan fingerprint density at radius 1 is 1.22 bits per heavy atom. The zero-order valence-corrected chi connectivity index (χ0v) is 12.2. The summed E-state index contributed by atoms with van der Waals surface area (Å²) >= 11 is 3.20. The molecule has 0 aliphatic carbocycles. The van der Waals surface area contributed by atoms with Crippen LogP contribution in [0.5, 0.6) is 0 Å². The summed E-state index contributed by atoms with van der Waals surface area (Å²) in [6.45, 7) is 6.44. The van der Waals surface area contributed by atoms with Crippen LogP contribution in [0.1, 0.15) is 13.8 Å². The number of anilines is 2. The minimum absolute atomic E-state index is 0.938. The fraction of sp³-hybridized carbons (Fsp3) is 0.308. The van der Waals surface area contributed by atoms with Crippen LogP contribution in [0.2, 0.25) is 0 Å². The fourth-order valence-electron chi connectivity index (χ4n) is 1.69. The molecule has 0 saturated heterocycles. The van der Waals surface area contributed by atoms with Crippen molar-refractivity contribution in [2.45, 2.75) is 18.7 Å². The van der Waals surface area contributed by atoms with Crippen molar-refractivity contribution in [3.8, 4) is 0 Å². The van der Waals surface area contributed by atoms with Gasteiger partial charge in [-0.25, -0.2) is 4.98 Å². The Labute approximate surface area is 116 Å². The molecule has 0 radical (unpaired) electrons. The van der Waals surface area contributed by atoms with Gasteiger partial charge in [-0.2, -0.15) is 0 Å². The first-order valence-corrected chi connectivity index (χ1v) is 7.70. The van der Waals surface area contributed by atoms with Crippen LogP contribution in [0.15, 0.2) is 40.7 Å². The minimum atomic E-state index is 0.938. The normalized spacial score (nSPS) is 10.3. The van der Waals surface area contributed by atoms with Gasteiger partial charge in [-0.1, -0.05) is 0 Å². The minimum Gasteiger partial charge on any atom is -0.372 e. The highest BCUT2D eigenvalue weighted by atomic mass is 32.2. The molecule has 0 atom stereocenters. The van der Waals surface area contributed by atoms with Crippen molar-refractivity contribution in [3.05, 3.63) is 35.8 Å². The maximum Gasteiger partial charge on any atom is 0.192 e. The Hall–Kier alpha value is -1.20. The first-order chi connectivity index (χ1) is 8.83. The molecule has 0 fully saturated rings. The molecule has 1 aromatic heterocycles. The van der Waals surface area contributed by atoms with Gasteiger partial charge >= 0.3 is 0 Å². The number of nitrogens with zero attached hydrogens (tertiary/aromatic N) is 2. The topological polar surface area (TPSA) is 28.2 Å². The molecule has 2 aromatic rings. The van der Waals surface area contributed by atoms with E-state index in [1.807, 2.05) is 5.38 Å². The summed E-state index contributed by atoms with van der Waals surface area (Å²) in [7, 11) is 0. The van der Waals surface area contributed by atoms with E-state index in [1.165, 1.54) is 10.6 Å². The second kappa shape index (κ2) is 6.66. The number of rotatable bonds is 6. The van der Waals surface area contributed by atoms with Gasteiger partial charge in [-0.3, -0.25) is 0 Å². The van der Waals surface area contributed by atoms with Crippen molar-refractivity contribution in [1.82, 2.24) is 4.98 Å².